The van der Waals surface area contributed by atoms with Crippen LogP contribution in [-0.4, -0.2) is 125 Å². The molecule has 6 aliphatic rings. The molecule has 3 atom stereocenters. The molecule has 9 rings (SSSR count). The molecule has 4 N–H and O–H groups in total. The van der Waals surface area contributed by atoms with Crippen LogP contribution in [0.5, 0.6) is 0 Å². The molecule has 16 nitrogen and oxygen atoms in total. The molecule has 0 spiro atoms. The summed E-state index contributed by atoms with van der Waals surface area (Å²) < 4.78 is 0. The van der Waals surface area contributed by atoms with E-state index in [-0.39, 0.29) is 36.0 Å². The molecule has 0 aliphatic carbocycles. The molecular formula is C41H46N10O6. The van der Waals surface area contributed by atoms with Gasteiger partial charge in [0.05, 0.1) is 17.3 Å². The molecule has 2 aromatic carbocycles. The number of carbonyl (C=O) groups is 6. The second-order valence-electron chi connectivity index (χ2n) is 16.2. The first-order valence-corrected chi connectivity index (χ1v) is 20.0. The molecule has 5 saturated heterocycles. The lowest BCUT2D eigenvalue weighted by atomic mass is 9.90. The maximum Gasteiger partial charge on any atom is 0.271 e. The number of carbonyl (C=O) groups excluding carboxylic acids is 6. The molecule has 0 bridgehead atoms. The zero-order valence-corrected chi connectivity index (χ0v) is 31.7. The zero-order valence-electron chi connectivity index (χ0n) is 31.7. The summed E-state index contributed by atoms with van der Waals surface area (Å²) in [7, 11) is 0. The first-order valence-electron chi connectivity index (χ1n) is 20.0. The Hall–Kier alpha value is -5.90. The minimum Gasteiger partial charge on any atom is -0.371 e. The van der Waals surface area contributed by atoms with Crippen molar-refractivity contribution in [3.63, 3.8) is 0 Å². The standard InChI is InChI=1S/C41H46N10O6/c42-37(54)36-38(45-33(18-43-36)49-14-1-3-29(23-49)50-15-2-4-35(50)53)44-27-7-5-25(6-8-27)26-21-47(22-26)19-24-13-16-48(20-24)28-9-10-30-31(17-28)41(57)51(40(30)56)32-11-12-34(52)46-39(32)55/h5-10,17-18,24,26,29,32H,1-4,11-16,19-23H2,(H2,42,54)(H,44,45)(H,46,52,55)/t24-,29?,32?/m0/s1. The van der Waals surface area contributed by atoms with Gasteiger partial charge in [0.25, 0.3) is 17.7 Å². The number of anilines is 4. The second-order valence-corrected chi connectivity index (χ2v) is 16.2. The minimum absolute atomic E-state index is 0.0717. The van der Waals surface area contributed by atoms with Crippen LogP contribution in [0, 0.1) is 5.92 Å². The van der Waals surface area contributed by atoms with Crippen molar-refractivity contribution in [2.24, 2.45) is 11.7 Å². The maximum atomic E-state index is 13.3. The Balaban J connectivity index is 0.778. The Morgan fingerprint density at radius 2 is 1.65 bits per heavy atom. The van der Waals surface area contributed by atoms with Gasteiger partial charge in [-0.15, -0.1) is 0 Å². The fourth-order valence-electron chi connectivity index (χ4n) is 9.41. The Morgan fingerprint density at radius 3 is 2.40 bits per heavy atom. The maximum absolute atomic E-state index is 13.3. The average Bonchev–Trinajstić information content (AvgIpc) is 3.91. The van der Waals surface area contributed by atoms with E-state index in [1.165, 1.54) is 5.56 Å². The van der Waals surface area contributed by atoms with Crippen LogP contribution in [0.4, 0.5) is 23.0 Å². The number of nitrogens with two attached hydrogens (primary N) is 1. The van der Waals surface area contributed by atoms with Crippen LogP contribution in [0.2, 0.25) is 0 Å². The van der Waals surface area contributed by atoms with E-state index >= 15 is 0 Å². The summed E-state index contributed by atoms with van der Waals surface area (Å²) in [5, 5.41) is 5.52. The van der Waals surface area contributed by atoms with Crippen LogP contribution < -0.4 is 26.2 Å². The number of imide groups is 2. The number of primary amides is 1. The quantitative estimate of drug-likeness (QED) is 0.255. The number of fused-ring (bicyclic) bond motifs is 1. The molecule has 3 aromatic rings. The smallest absolute Gasteiger partial charge is 0.271 e. The van der Waals surface area contributed by atoms with Crippen LogP contribution in [0.3, 0.4) is 0 Å². The highest BCUT2D eigenvalue weighted by molar-refractivity contribution is 6.23. The van der Waals surface area contributed by atoms with Crippen LogP contribution in [0.1, 0.15) is 87.6 Å². The lowest BCUT2D eigenvalue weighted by molar-refractivity contribution is -0.136. The van der Waals surface area contributed by atoms with Gasteiger partial charge in [0, 0.05) is 88.5 Å². The molecule has 1 aromatic heterocycles. The molecule has 2 unspecified atom stereocenters. The largest absolute Gasteiger partial charge is 0.371 e. The number of benzene rings is 2. The number of rotatable bonds is 10. The fourth-order valence-corrected chi connectivity index (χ4v) is 9.41. The first kappa shape index (κ1) is 36.7. The number of aromatic nitrogens is 2. The summed E-state index contributed by atoms with van der Waals surface area (Å²) in [5.41, 5.74) is 9.24. The van der Waals surface area contributed by atoms with Crippen molar-refractivity contribution in [3.8, 4) is 0 Å². The number of piperidine rings is 2. The molecule has 6 aliphatic heterocycles. The number of hydrogen-bond acceptors (Lipinski definition) is 12. The van der Waals surface area contributed by atoms with Crippen molar-refractivity contribution >= 4 is 58.5 Å². The van der Waals surface area contributed by atoms with E-state index in [0.29, 0.717) is 42.0 Å². The third-order valence-electron chi connectivity index (χ3n) is 12.5. The Morgan fingerprint density at radius 1 is 0.842 bits per heavy atom. The van der Waals surface area contributed by atoms with Gasteiger partial charge in [0.2, 0.25) is 17.7 Å². The monoisotopic (exact) mass is 774 g/mol. The van der Waals surface area contributed by atoms with E-state index in [9.17, 15) is 28.8 Å². The number of hydrogen-bond donors (Lipinski definition) is 3. The number of amides is 6. The second kappa shape index (κ2) is 14.9. The normalized spacial score (nSPS) is 24.3. The van der Waals surface area contributed by atoms with Crippen LogP contribution in [0.25, 0.3) is 0 Å². The summed E-state index contributed by atoms with van der Waals surface area (Å²) >= 11 is 0. The van der Waals surface area contributed by atoms with Crippen molar-refractivity contribution in [1.29, 1.82) is 0 Å². The van der Waals surface area contributed by atoms with Gasteiger partial charge in [-0.3, -0.25) is 39.0 Å². The van der Waals surface area contributed by atoms with E-state index in [1.54, 1.807) is 18.3 Å². The van der Waals surface area contributed by atoms with Gasteiger partial charge in [-0.2, -0.15) is 0 Å². The summed E-state index contributed by atoms with van der Waals surface area (Å²) in [6.07, 6.45) is 6.24. The highest BCUT2D eigenvalue weighted by Gasteiger charge is 2.45. The van der Waals surface area contributed by atoms with Gasteiger partial charge in [-0.1, -0.05) is 12.1 Å². The van der Waals surface area contributed by atoms with E-state index < -0.39 is 35.6 Å². The van der Waals surface area contributed by atoms with Crippen molar-refractivity contribution in [3.05, 3.63) is 71.0 Å². The third-order valence-corrected chi connectivity index (χ3v) is 12.5. The Labute approximate surface area is 329 Å². The van der Waals surface area contributed by atoms with E-state index in [1.807, 2.05) is 23.1 Å². The summed E-state index contributed by atoms with van der Waals surface area (Å²) in [5.74, 6) is -0.624. The molecule has 16 heteroatoms. The molecule has 0 saturated carbocycles. The van der Waals surface area contributed by atoms with Crippen LogP contribution in [0.15, 0.2) is 48.7 Å². The highest BCUT2D eigenvalue weighted by atomic mass is 16.2. The van der Waals surface area contributed by atoms with Crippen LogP contribution >= 0.6 is 0 Å². The molecule has 57 heavy (non-hydrogen) atoms. The zero-order chi connectivity index (χ0) is 39.4. The van der Waals surface area contributed by atoms with Crippen molar-refractivity contribution < 1.29 is 28.8 Å². The third kappa shape index (κ3) is 7.06. The van der Waals surface area contributed by atoms with E-state index in [4.69, 9.17) is 10.7 Å². The van der Waals surface area contributed by atoms with E-state index in [0.717, 1.165) is 87.8 Å². The Kier molecular flexibility index (Phi) is 9.59. The highest BCUT2D eigenvalue weighted by Crippen LogP contribution is 2.35. The topological polar surface area (TPSA) is 194 Å². The van der Waals surface area contributed by atoms with Gasteiger partial charge in [-0.25, -0.2) is 9.97 Å². The summed E-state index contributed by atoms with van der Waals surface area (Å²) in [4.78, 5) is 94.3. The molecule has 7 heterocycles. The average molecular weight is 775 g/mol. The predicted molar refractivity (Wildman–Crippen MR) is 209 cm³/mol. The van der Waals surface area contributed by atoms with Gasteiger partial charge in [0.15, 0.2) is 11.5 Å². The number of nitrogens with zero attached hydrogens (tertiary/aromatic N) is 7. The predicted octanol–water partition coefficient (Wildman–Crippen LogP) is 2.24. The lowest BCUT2D eigenvalue weighted by Crippen LogP contribution is -2.54. The fraction of sp³-hybridized carbons (Fsp3) is 0.463. The summed E-state index contributed by atoms with van der Waals surface area (Å²) in [6.45, 7) is 6.83. The minimum atomic E-state index is -0.979. The molecule has 6 amide bonds. The van der Waals surface area contributed by atoms with Gasteiger partial charge >= 0.3 is 0 Å². The van der Waals surface area contributed by atoms with Crippen molar-refractivity contribution in [2.75, 3.05) is 67.5 Å². The molecular weight excluding hydrogens is 729 g/mol. The first-order chi connectivity index (χ1) is 27.6. The van der Waals surface area contributed by atoms with Gasteiger partial charge in [0.1, 0.15) is 11.9 Å². The number of likely N-dealkylation sites (tertiary alicyclic amines) is 2. The van der Waals surface area contributed by atoms with Gasteiger partial charge in [-0.05, 0) is 73.9 Å². The molecule has 296 valence electrons. The summed E-state index contributed by atoms with van der Waals surface area (Å²) in [6, 6.07) is 12.7. The van der Waals surface area contributed by atoms with Crippen molar-refractivity contribution in [2.45, 2.75) is 62.9 Å². The van der Waals surface area contributed by atoms with Crippen molar-refractivity contribution in [1.82, 2.24) is 30.0 Å². The Bertz CT molecular complexity index is 2160. The van der Waals surface area contributed by atoms with Gasteiger partial charge < -0.3 is 30.7 Å². The molecule has 0 radical (unpaired) electrons. The number of nitrogens with one attached hydrogen (secondary N) is 2. The SMILES string of the molecule is NC(=O)c1ncc(N2CCCC(N3CCCC3=O)C2)nc1Nc1ccc(C2CN(C[C@@H]3CCN(c4ccc5c(c4)C(=O)N(C4CCC(=O)NC4=O)C5=O)C3)C2)cc1. The molecule has 5 fully saturated rings. The lowest BCUT2D eigenvalue weighted by Gasteiger charge is -2.41. The van der Waals surface area contributed by atoms with E-state index in [2.05, 4.69) is 42.5 Å². The van der Waals surface area contributed by atoms with Crippen LogP contribution in [-0.2, 0) is 14.4 Å².